The van der Waals surface area contributed by atoms with Crippen LogP contribution in [0.4, 0.5) is 5.95 Å². The summed E-state index contributed by atoms with van der Waals surface area (Å²) >= 11 is 0. The Kier molecular flexibility index (Phi) is 5.57. The van der Waals surface area contributed by atoms with Gasteiger partial charge in [-0.3, -0.25) is 19.7 Å². The first kappa shape index (κ1) is 17.6. The summed E-state index contributed by atoms with van der Waals surface area (Å²) < 4.78 is 9.90. The predicted octanol–water partition coefficient (Wildman–Crippen LogP) is 0.786. The smallest absolute Gasteiger partial charge is 0.309 e. The lowest BCUT2D eigenvalue weighted by Gasteiger charge is -2.30. The average molecular weight is 358 g/mol. The molecule has 0 unspecified atom stereocenters. The van der Waals surface area contributed by atoms with Crippen molar-refractivity contribution in [1.29, 1.82) is 0 Å². The van der Waals surface area contributed by atoms with Crippen molar-refractivity contribution in [2.75, 3.05) is 24.6 Å². The van der Waals surface area contributed by atoms with Gasteiger partial charge in [-0.05, 0) is 31.0 Å². The lowest BCUT2D eigenvalue weighted by Crippen LogP contribution is -2.39. The molecule has 0 atom stereocenters. The molecule has 1 aliphatic rings. The molecule has 1 aliphatic heterocycles. The third-order valence-electron chi connectivity index (χ3n) is 4.01. The van der Waals surface area contributed by atoms with Crippen molar-refractivity contribution in [2.45, 2.75) is 12.8 Å². The van der Waals surface area contributed by atoms with Crippen LogP contribution in [-0.4, -0.2) is 47.4 Å². The molecule has 1 N–H and O–H groups in total. The first-order valence-electron chi connectivity index (χ1n) is 8.20. The van der Waals surface area contributed by atoms with E-state index < -0.39 is 24.4 Å². The minimum atomic E-state index is -0.699. The monoisotopic (exact) mass is 358 g/mol. The van der Waals surface area contributed by atoms with E-state index >= 15 is 0 Å². The zero-order valence-electron chi connectivity index (χ0n) is 14.0. The summed E-state index contributed by atoms with van der Waals surface area (Å²) in [6, 6.07) is 4.71. The Labute approximate surface area is 149 Å². The van der Waals surface area contributed by atoms with Gasteiger partial charge < -0.3 is 14.1 Å². The molecule has 0 spiro atoms. The first-order chi connectivity index (χ1) is 12.6. The summed E-state index contributed by atoms with van der Waals surface area (Å²) in [6.07, 6.45) is 5.84. The molecule has 136 valence electrons. The number of carbonyl (C=O) groups excluding carboxylic acids is 3. The standard InChI is InChI=1S/C17H18N4O5/c22-14(20-15(23)13-3-1-10-25-13)11-26-16(24)12-4-8-21(9-5-12)17-18-6-2-7-19-17/h1-3,6-7,10,12H,4-5,8-9,11H2,(H,20,22,23). The van der Waals surface area contributed by atoms with E-state index in [1.54, 1.807) is 18.5 Å². The molecule has 0 aliphatic carbocycles. The molecule has 26 heavy (non-hydrogen) atoms. The van der Waals surface area contributed by atoms with E-state index in [1.165, 1.54) is 18.4 Å². The van der Waals surface area contributed by atoms with Crippen LogP contribution in [-0.2, 0) is 14.3 Å². The van der Waals surface area contributed by atoms with Gasteiger partial charge in [-0.25, -0.2) is 9.97 Å². The maximum Gasteiger partial charge on any atom is 0.309 e. The maximum atomic E-state index is 12.1. The third-order valence-corrected chi connectivity index (χ3v) is 4.01. The fraction of sp³-hybridized carbons (Fsp3) is 0.353. The summed E-state index contributed by atoms with van der Waals surface area (Å²) in [4.78, 5) is 45.8. The molecule has 0 aromatic carbocycles. The second-order valence-corrected chi connectivity index (χ2v) is 5.77. The highest BCUT2D eigenvalue weighted by Crippen LogP contribution is 2.21. The maximum absolute atomic E-state index is 12.1. The number of piperidine rings is 1. The van der Waals surface area contributed by atoms with Gasteiger partial charge in [-0.15, -0.1) is 0 Å². The summed E-state index contributed by atoms with van der Waals surface area (Å²) in [5.74, 6) is -1.46. The highest BCUT2D eigenvalue weighted by Gasteiger charge is 2.27. The molecule has 0 bridgehead atoms. The quantitative estimate of drug-likeness (QED) is 0.780. The van der Waals surface area contributed by atoms with Crippen LogP contribution in [0.25, 0.3) is 0 Å². The van der Waals surface area contributed by atoms with Crippen molar-refractivity contribution in [3.05, 3.63) is 42.6 Å². The highest BCUT2D eigenvalue weighted by atomic mass is 16.5. The molecule has 2 aromatic rings. The highest BCUT2D eigenvalue weighted by molar-refractivity contribution is 6.03. The Hall–Kier alpha value is -3.23. The van der Waals surface area contributed by atoms with Gasteiger partial charge in [0.2, 0.25) is 5.95 Å². The second kappa shape index (κ2) is 8.24. The van der Waals surface area contributed by atoms with Gasteiger partial charge in [0.1, 0.15) is 0 Å². The number of aromatic nitrogens is 2. The largest absolute Gasteiger partial charge is 0.459 e. The molecule has 0 saturated carbocycles. The number of imide groups is 1. The first-order valence-corrected chi connectivity index (χ1v) is 8.20. The Morgan fingerprint density at radius 2 is 1.92 bits per heavy atom. The normalized spacial score (nSPS) is 14.7. The Balaban J connectivity index is 1.40. The number of amides is 2. The van der Waals surface area contributed by atoms with Gasteiger partial charge in [-0.1, -0.05) is 0 Å². The molecular weight excluding hydrogens is 340 g/mol. The van der Waals surface area contributed by atoms with Gasteiger partial charge >= 0.3 is 5.97 Å². The topological polar surface area (TPSA) is 115 Å². The number of nitrogens with zero attached hydrogens (tertiary/aromatic N) is 3. The Bertz CT molecular complexity index is 755. The van der Waals surface area contributed by atoms with Gasteiger partial charge in [0, 0.05) is 25.5 Å². The molecule has 9 heteroatoms. The van der Waals surface area contributed by atoms with Gasteiger partial charge in [-0.2, -0.15) is 0 Å². The number of ether oxygens (including phenoxy) is 1. The van der Waals surface area contributed by atoms with Crippen molar-refractivity contribution in [1.82, 2.24) is 15.3 Å². The molecule has 9 nitrogen and oxygen atoms in total. The van der Waals surface area contributed by atoms with Crippen molar-refractivity contribution >= 4 is 23.7 Å². The molecular formula is C17H18N4O5. The minimum absolute atomic E-state index is 0.0141. The van der Waals surface area contributed by atoms with Gasteiger partial charge in [0.05, 0.1) is 12.2 Å². The van der Waals surface area contributed by atoms with Crippen LogP contribution in [0.15, 0.2) is 41.3 Å². The number of hydrogen-bond acceptors (Lipinski definition) is 8. The number of hydrogen-bond donors (Lipinski definition) is 1. The van der Waals surface area contributed by atoms with E-state index in [0.29, 0.717) is 31.9 Å². The summed E-state index contributed by atoms with van der Waals surface area (Å²) in [5.41, 5.74) is 0. The fourth-order valence-electron chi connectivity index (χ4n) is 2.66. The fourth-order valence-corrected chi connectivity index (χ4v) is 2.66. The van der Waals surface area contributed by atoms with E-state index in [4.69, 9.17) is 9.15 Å². The van der Waals surface area contributed by atoms with E-state index in [2.05, 4.69) is 15.3 Å². The summed E-state index contributed by atoms with van der Waals surface area (Å²) in [5, 5.41) is 2.10. The summed E-state index contributed by atoms with van der Waals surface area (Å²) in [6.45, 7) is 0.757. The zero-order chi connectivity index (χ0) is 18.4. The minimum Gasteiger partial charge on any atom is -0.459 e. The van der Waals surface area contributed by atoms with E-state index in [-0.39, 0.29) is 11.7 Å². The Morgan fingerprint density at radius 3 is 2.58 bits per heavy atom. The number of furan rings is 1. The molecule has 0 radical (unpaired) electrons. The second-order valence-electron chi connectivity index (χ2n) is 5.77. The number of nitrogens with one attached hydrogen (secondary N) is 1. The van der Waals surface area contributed by atoms with Crippen LogP contribution in [0.3, 0.4) is 0 Å². The van der Waals surface area contributed by atoms with E-state index in [1.807, 2.05) is 4.90 Å². The van der Waals surface area contributed by atoms with E-state index in [0.717, 1.165) is 0 Å². The number of anilines is 1. The van der Waals surface area contributed by atoms with Crippen LogP contribution in [0.1, 0.15) is 23.4 Å². The average Bonchev–Trinajstić information content (AvgIpc) is 3.22. The van der Waals surface area contributed by atoms with Crippen molar-refractivity contribution in [3.8, 4) is 0 Å². The van der Waals surface area contributed by atoms with Gasteiger partial charge in [0.25, 0.3) is 11.8 Å². The Morgan fingerprint density at radius 1 is 1.19 bits per heavy atom. The zero-order valence-corrected chi connectivity index (χ0v) is 14.0. The molecule has 3 heterocycles. The van der Waals surface area contributed by atoms with Crippen LogP contribution in [0, 0.1) is 5.92 Å². The SMILES string of the molecule is O=C(COC(=O)C1CCN(c2ncccn2)CC1)NC(=O)c1ccco1. The van der Waals surface area contributed by atoms with Crippen LogP contribution in [0.5, 0.6) is 0 Å². The van der Waals surface area contributed by atoms with Crippen LogP contribution in [0.2, 0.25) is 0 Å². The lowest BCUT2D eigenvalue weighted by molar-refractivity contribution is -0.153. The van der Waals surface area contributed by atoms with Crippen molar-refractivity contribution in [3.63, 3.8) is 0 Å². The lowest BCUT2D eigenvalue weighted by atomic mass is 9.97. The predicted molar refractivity (Wildman–Crippen MR) is 89.1 cm³/mol. The molecule has 1 saturated heterocycles. The molecule has 1 fully saturated rings. The number of rotatable bonds is 5. The number of carbonyl (C=O) groups is 3. The van der Waals surface area contributed by atoms with E-state index in [9.17, 15) is 14.4 Å². The van der Waals surface area contributed by atoms with Crippen LogP contribution >= 0.6 is 0 Å². The third kappa shape index (κ3) is 4.44. The molecule has 3 rings (SSSR count). The van der Waals surface area contributed by atoms with Crippen molar-refractivity contribution < 1.29 is 23.5 Å². The molecule has 2 aromatic heterocycles. The van der Waals surface area contributed by atoms with Gasteiger partial charge in [0.15, 0.2) is 12.4 Å². The summed E-state index contributed by atoms with van der Waals surface area (Å²) in [7, 11) is 0. The molecule has 2 amide bonds. The van der Waals surface area contributed by atoms with Crippen molar-refractivity contribution in [2.24, 2.45) is 5.92 Å². The number of esters is 1. The van der Waals surface area contributed by atoms with Crippen LogP contribution < -0.4 is 10.2 Å².